The zero-order valence-corrected chi connectivity index (χ0v) is 26.4. The second-order valence-electron chi connectivity index (χ2n) is 12.9. The molecule has 0 atom stereocenters. The molecule has 0 saturated carbocycles. The van der Waals surface area contributed by atoms with Crippen LogP contribution >= 0.6 is 11.6 Å². The molecule has 43 heavy (non-hydrogen) atoms. The van der Waals surface area contributed by atoms with E-state index in [1.165, 1.54) is 5.56 Å². The number of aryl methyl sites for hydroxylation is 1. The Morgan fingerprint density at radius 3 is 2.42 bits per heavy atom. The summed E-state index contributed by atoms with van der Waals surface area (Å²) >= 11 is 6.19. The molecule has 3 aromatic rings. The average molecular weight is 605 g/mol. The Morgan fingerprint density at radius 1 is 1.00 bits per heavy atom. The average Bonchev–Trinajstić information content (AvgIpc) is 3.32. The van der Waals surface area contributed by atoms with E-state index in [2.05, 4.69) is 17.0 Å². The van der Waals surface area contributed by atoms with Crippen LogP contribution in [0.3, 0.4) is 0 Å². The van der Waals surface area contributed by atoms with Gasteiger partial charge in [0.25, 0.3) is 0 Å². The highest BCUT2D eigenvalue weighted by molar-refractivity contribution is 6.17. The molecule has 228 valence electrons. The molecule has 0 N–H and O–H groups in total. The molecular weight excluding hydrogens is 564 g/mol. The Hall–Kier alpha value is -3.52. The van der Waals surface area contributed by atoms with Crippen LogP contribution in [0.2, 0.25) is 0 Å². The van der Waals surface area contributed by atoms with Crippen molar-refractivity contribution >= 4 is 29.3 Å². The first kappa shape index (κ1) is 29.5. The van der Waals surface area contributed by atoms with Gasteiger partial charge in [-0.3, -0.25) is 4.90 Å². The number of methoxy groups -OCH3 is 1. The highest BCUT2D eigenvalue weighted by Gasteiger charge is 2.47. The molecule has 1 fully saturated rings. The molecule has 1 aromatic heterocycles. The fraction of sp³-hybridized carbons (Fsp3) is 0.500. The zero-order valence-electron chi connectivity index (χ0n) is 25.6. The molecule has 0 unspecified atom stereocenters. The summed E-state index contributed by atoms with van der Waals surface area (Å²) in [6.45, 7) is 8.32. The van der Waals surface area contributed by atoms with Crippen LogP contribution in [0.5, 0.6) is 11.6 Å². The molecule has 1 spiro atoms. The third kappa shape index (κ3) is 6.12. The van der Waals surface area contributed by atoms with E-state index in [0.29, 0.717) is 24.9 Å². The van der Waals surface area contributed by atoms with E-state index in [0.717, 1.165) is 91.4 Å². The molecule has 1 amide bonds. The number of fused-ring (bicyclic) bond motifs is 3. The van der Waals surface area contributed by atoms with E-state index in [4.69, 9.17) is 35.8 Å². The van der Waals surface area contributed by atoms with E-state index in [-0.39, 0.29) is 11.5 Å². The lowest BCUT2D eigenvalue weighted by atomic mass is 9.74. The molecule has 1 aliphatic carbocycles. The minimum Gasteiger partial charge on any atom is -0.497 e. The Balaban J connectivity index is 1.22. The van der Waals surface area contributed by atoms with Gasteiger partial charge in [0.15, 0.2) is 0 Å². The molecule has 8 nitrogen and oxygen atoms in total. The van der Waals surface area contributed by atoms with Crippen molar-refractivity contribution in [2.75, 3.05) is 36.5 Å². The Labute approximate surface area is 259 Å². The van der Waals surface area contributed by atoms with Gasteiger partial charge in [0.1, 0.15) is 18.0 Å². The summed E-state index contributed by atoms with van der Waals surface area (Å²) in [5.41, 5.74) is 5.70. The van der Waals surface area contributed by atoms with Gasteiger partial charge >= 0.3 is 6.09 Å². The van der Waals surface area contributed by atoms with Crippen LogP contribution in [-0.4, -0.2) is 48.4 Å². The summed E-state index contributed by atoms with van der Waals surface area (Å²) in [7, 11) is 1.67. The molecular formula is C34H41ClN4O4. The Kier molecular flexibility index (Phi) is 8.16. The number of ether oxygens (including phenoxy) is 3. The lowest BCUT2D eigenvalue weighted by Gasteiger charge is -2.40. The van der Waals surface area contributed by atoms with Crippen molar-refractivity contribution in [2.45, 2.75) is 82.8 Å². The maximum atomic E-state index is 13.3. The minimum atomic E-state index is -0.572. The maximum Gasteiger partial charge on any atom is 0.414 e. The number of benzene rings is 2. The van der Waals surface area contributed by atoms with E-state index in [9.17, 15) is 4.79 Å². The number of alkyl halides is 1. The summed E-state index contributed by atoms with van der Waals surface area (Å²) < 4.78 is 17.5. The van der Waals surface area contributed by atoms with Gasteiger partial charge in [-0.05, 0) is 94.2 Å². The number of rotatable bonds is 6. The first-order valence-corrected chi connectivity index (χ1v) is 15.8. The number of aromatic nitrogens is 2. The number of anilines is 2. The predicted octanol–water partition coefficient (Wildman–Crippen LogP) is 6.98. The van der Waals surface area contributed by atoms with Crippen LogP contribution in [0, 0.1) is 0 Å². The number of halogens is 1. The van der Waals surface area contributed by atoms with Gasteiger partial charge in [0.2, 0.25) is 11.8 Å². The molecule has 1 saturated heterocycles. The van der Waals surface area contributed by atoms with Gasteiger partial charge < -0.3 is 19.1 Å². The third-order valence-electron chi connectivity index (χ3n) is 8.82. The van der Waals surface area contributed by atoms with Gasteiger partial charge in [-0.2, -0.15) is 4.98 Å². The minimum absolute atomic E-state index is 0.157. The van der Waals surface area contributed by atoms with Crippen LogP contribution in [-0.2, 0) is 35.5 Å². The smallest absolute Gasteiger partial charge is 0.414 e. The van der Waals surface area contributed by atoms with Gasteiger partial charge in [-0.15, -0.1) is 11.6 Å². The maximum absolute atomic E-state index is 13.3. The second kappa shape index (κ2) is 11.9. The quantitative estimate of drug-likeness (QED) is 0.281. The molecule has 2 aromatic carbocycles. The molecule has 3 aliphatic rings. The van der Waals surface area contributed by atoms with Gasteiger partial charge in [0, 0.05) is 36.5 Å². The number of amides is 1. The molecule has 0 bridgehead atoms. The monoisotopic (exact) mass is 604 g/mol. The Morgan fingerprint density at radius 2 is 1.72 bits per heavy atom. The van der Waals surface area contributed by atoms with Crippen molar-refractivity contribution in [1.82, 2.24) is 9.97 Å². The third-order valence-corrected chi connectivity index (χ3v) is 9.13. The molecule has 2 aliphatic heterocycles. The van der Waals surface area contributed by atoms with Crippen LogP contribution in [0.4, 0.5) is 16.4 Å². The number of nitrogens with zero attached hydrogens (tertiary/aromatic N) is 4. The highest BCUT2D eigenvalue weighted by atomic mass is 35.5. The van der Waals surface area contributed by atoms with Crippen molar-refractivity contribution < 1.29 is 19.0 Å². The number of piperidine rings is 1. The van der Waals surface area contributed by atoms with Crippen molar-refractivity contribution in [2.24, 2.45) is 0 Å². The normalized spacial score (nSPS) is 17.4. The molecule has 6 rings (SSSR count). The topological polar surface area (TPSA) is 77.0 Å². The lowest BCUT2D eigenvalue weighted by molar-refractivity contribution is 0.0576. The first-order chi connectivity index (χ1) is 20.7. The number of hydrogen-bond donors (Lipinski definition) is 0. The van der Waals surface area contributed by atoms with E-state index >= 15 is 0 Å². The van der Waals surface area contributed by atoms with Gasteiger partial charge in [-0.1, -0.05) is 24.3 Å². The standard InChI is InChI=1S/C34H41ClN4O4/c1-33(2,3)43-32(40)39-22-34(27-14-11-24(20-35)19-29(27)39)15-17-38(18-16-34)31-36-28-8-6-5-7-26(28)30(37-31)42-21-23-9-12-25(41-4)13-10-23/h9-14,19H,5-8,15-18,20-22H2,1-4H3. The van der Waals surface area contributed by atoms with Gasteiger partial charge in [-0.25, -0.2) is 9.78 Å². The predicted molar refractivity (Wildman–Crippen MR) is 169 cm³/mol. The fourth-order valence-corrected chi connectivity index (χ4v) is 6.69. The van der Waals surface area contributed by atoms with Crippen molar-refractivity contribution in [1.29, 1.82) is 0 Å². The fourth-order valence-electron chi connectivity index (χ4n) is 6.53. The highest BCUT2D eigenvalue weighted by Crippen LogP contribution is 2.48. The second-order valence-corrected chi connectivity index (χ2v) is 13.2. The summed E-state index contributed by atoms with van der Waals surface area (Å²) in [5.74, 6) is 2.66. The van der Waals surface area contributed by atoms with Crippen LogP contribution in [0.1, 0.15) is 74.4 Å². The van der Waals surface area contributed by atoms with E-state index < -0.39 is 5.60 Å². The number of carbonyl (C=O) groups excluding carboxylic acids is 1. The summed E-state index contributed by atoms with van der Waals surface area (Å²) in [6.07, 6.45) is 5.59. The van der Waals surface area contributed by atoms with Crippen LogP contribution in [0.15, 0.2) is 42.5 Å². The summed E-state index contributed by atoms with van der Waals surface area (Å²) in [4.78, 5) is 27.5. The SMILES string of the molecule is COc1ccc(COc2nc(N3CCC4(CC3)CN(C(=O)OC(C)(C)C)c3cc(CCl)ccc34)nc3c2CCCC3)cc1. The van der Waals surface area contributed by atoms with Crippen molar-refractivity contribution in [3.8, 4) is 11.6 Å². The molecule has 3 heterocycles. The van der Waals surface area contributed by atoms with E-state index in [1.54, 1.807) is 7.11 Å². The number of carbonyl (C=O) groups is 1. The van der Waals surface area contributed by atoms with Crippen molar-refractivity contribution in [3.05, 3.63) is 70.4 Å². The van der Waals surface area contributed by atoms with E-state index in [1.807, 2.05) is 56.0 Å². The molecule has 9 heteroatoms. The van der Waals surface area contributed by atoms with Crippen LogP contribution < -0.4 is 19.3 Å². The Bertz CT molecular complexity index is 1480. The van der Waals surface area contributed by atoms with Gasteiger partial charge in [0.05, 0.1) is 18.5 Å². The summed E-state index contributed by atoms with van der Waals surface area (Å²) in [6, 6.07) is 14.2. The largest absolute Gasteiger partial charge is 0.497 e. The first-order valence-electron chi connectivity index (χ1n) is 15.3. The number of hydrogen-bond acceptors (Lipinski definition) is 7. The lowest BCUT2D eigenvalue weighted by Crippen LogP contribution is -2.47. The summed E-state index contributed by atoms with van der Waals surface area (Å²) in [5, 5.41) is 0. The van der Waals surface area contributed by atoms with Crippen molar-refractivity contribution in [3.63, 3.8) is 0 Å². The van der Waals surface area contributed by atoms with Crippen LogP contribution in [0.25, 0.3) is 0 Å². The zero-order chi connectivity index (χ0) is 30.2. The molecule has 0 radical (unpaired) electrons.